The summed E-state index contributed by atoms with van der Waals surface area (Å²) in [5, 5.41) is 19.5. The van der Waals surface area contributed by atoms with Gasteiger partial charge in [-0.3, -0.25) is 0 Å². The number of hydrogen-bond donors (Lipinski definition) is 2. The Morgan fingerprint density at radius 3 is 2.88 bits per heavy atom. The molecule has 0 radical (unpaired) electrons. The van der Waals surface area contributed by atoms with Crippen LogP contribution in [0.1, 0.15) is 6.42 Å². The second-order valence-corrected chi connectivity index (χ2v) is 5.11. The molecule has 88 valence electrons. The zero-order valence-electron chi connectivity index (χ0n) is 8.58. The van der Waals surface area contributed by atoms with Crippen LogP contribution in [0.15, 0.2) is 16.5 Å². The van der Waals surface area contributed by atoms with E-state index in [-0.39, 0.29) is 17.2 Å². The summed E-state index contributed by atoms with van der Waals surface area (Å²) >= 11 is 11.7. The Morgan fingerprint density at radius 2 is 2.12 bits per heavy atom. The van der Waals surface area contributed by atoms with E-state index in [2.05, 4.69) is 0 Å². The molecule has 1 aliphatic rings. The van der Waals surface area contributed by atoms with Crippen LogP contribution in [0.3, 0.4) is 0 Å². The lowest BCUT2D eigenvalue weighted by molar-refractivity contribution is 0.201. The van der Waals surface area contributed by atoms with Crippen molar-refractivity contribution in [3.63, 3.8) is 0 Å². The average Bonchev–Trinajstić information content (AvgIpc) is 2.56. The number of phenolic OH excluding ortho intramolecular Hbond substituents is 1. The van der Waals surface area contributed by atoms with E-state index in [0.717, 1.165) is 5.39 Å². The van der Waals surface area contributed by atoms with Crippen LogP contribution in [0, 0.1) is 0 Å². The first-order chi connectivity index (χ1) is 7.96. The molecule has 1 atom stereocenters. The molecule has 3 nitrogen and oxygen atoms in total. The minimum absolute atomic E-state index is 0.0357. The normalized spacial score (nSPS) is 23.0. The number of halogens is 2. The van der Waals surface area contributed by atoms with E-state index in [0.29, 0.717) is 16.2 Å². The topological polar surface area (TPSA) is 53.6 Å². The van der Waals surface area contributed by atoms with Gasteiger partial charge in [0.1, 0.15) is 16.7 Å². The van der Waals surface area contributed by atoms with Crippen molar-refractivity contribution < 1.29 is 14.6 Å². The highest BCUT2D eigenvalue weighted by Crippen LogP contribution is 2.28. The second-order valence-electron chi connectivity index (χ2n) is 4.05. The monoisotopic (exact) mass is 270 g/mol. The molecular weight excluding hydrogens is 263 g/mol. The number of aliphatic hydroxyl groups is 1. The number of fused-ring (bicyclic) bond motifs is 3. The number of alkyl halides is 1. The highest BCUT2D eigenvalue weighted by molar-refractivity contribution is 6.32. The first-order valence-corrected chi connectivity index (χ1v) is 5.77. The lowest BCUT2D eigenvalue weighted by Gasteiger charge is -2.14. The summed E-state index contributed by atoms with van der Waals surface area (Å²) in [6, 6.07) is 3.04. The van der Waals surface area contributed by atoms with Gasteiger partial charge in [0.2, 0.25) is 0 Å². The third kappa shape index (κ3) is 1.71. The molecule has 17 heavy (non-hydrogen) atoms. The number of aromatic hydroxyl groups is 1. The molecule has 0 amide bonds. The fraction of sp³-hybridized carbons (Fsp3) is 0.167. The van der Waals surface area contributed by atoms with Crippen molar-refractivity contribution in [1.29, 1.82) is 0 Å². The standard InChI is InChI=1S/C12H8Cl2O3/c13-8-3-6-7-5-12(14,16)2-1-10(7)17-11(6)4-9(8)15/h1,3-5,15-16H,2H2. The van der Waals surface area contributed by atoms with Crippen LogP contribution in [0.2, 0.25) is 5.02 Å². The average molecular weight is 271 g/mol. The van der Waals surface area contributed by atoms with Crippen LogP contribution < -0.4 is 10.6 Å². The van der Waals surface area contributed by atoms with Crippen molar-refractivity contribution in [3.05, 3.63) is 27.8 Å². The van der Waals surface area contributed by atoms with Gasteiger partial charge in [0.25, 0.3) is 0 Å². The van der Waals surface area contributed by atoms with Crippen LogP contribution >= 0.6 is 23.2 Å². The van der Waals surface area contributed by atoms with Crippen LogP contribution in [0.5, 0.6) is 5.75 Å². The van der Waals surface area contributed by atoms with Crippen molar-refractivity contribution in [1.82, 2.24) is 0 Å². The van der Waals surface area contributed by atoms with Gasteiger partial charge >= 0.3 is 0 Å². The smallest absolute Gasteiger partial charge is 0.161 e. The Kier molecular flexibility index (Phi) is 2.20. The van der Waals surface area contributed by atoms with E-state index in [1.807, 2.05) is 0 Å². The molecule has 1 aliphatic carbocycles. The molecule has 1 heterocycles. The van der Waals surface area contributed by atoms with Crippen LogP contribution in [-0.4, -0.2) is 15.3 Å². The Balaban J connectivity index is 2.48. The van der Waals surface area contributed by atoms with Gasteiger partial charge in [-0.25, -0.2) is 0 Å². The maximum absolute atomic E-state index is 9.78. The second kappa shape index (κ2) is 3.42. The van der Waals surface area contributed by atoms with Crippen molar-refractivity contribution in [2.24, 2.45) is 0 Å². The van der Waals surface area contributed by atoms with E-state index < -0.39 is 5.06 Å². The SMILES string of the molecule is Oc1cc2oc3c(c2cc1Cl)=CC(O)(Cl)CC=3. The number of furan rings is 1. The Labute approximate surface area is 106 Å². The first kappa shape index (κ1) is 11.0. The van der Waals surface area contributed by atoms with Crippen molar-refractivity contribution in [3.8, 4) is 5.75 Å². The zero-order valence-corrected chi connectivity index (χ0v) is 10.1. The van der Waals surface area contributed by atoms with E-state index in [4.69, 9.17) is 27.6 Å². The predicted molar refractivity (Wildman–Crippen MR) is 66.5 cm³/mol. The lowest BCUT2D eigenvalue weighted by Crippen LogP contribution is -2.32. The molecule has 1 aromatic heterocycles. The van der Waals surface area contributed by atoms with Gasteiger partial charge in [-0.15, -0.1) is 0 Å². The molecule has 1 aromatic carbocycles. The first-order valence-electron chi connectivity index (χ1n) is 5.02. The van der Waals surface area contributed by atoms with E-state index >= 15 is 0 Å². The van der Waals surface area contributed by atoms with E-state index in [1.165, 1.54) is 12.1 Å². The molecular formula is C12H8Cl2O3. The predicted octanol–water partition coefficient (Wildman–Crippen LogP) is 1.68. The Hall–Kier alpha value is -1.16. The quantitative estimate of drug-likeness (QED) is 0.717. The summed E-state index contributed by atoms with van der Waals surface area (Å²) in [6.45, 7) is 0. The maximum Gasteiger partial charge on any atom is 0.161 e. The minimum atomic E-state index is -1.39. The summed E-state index contributed by atoms with van der Waals surface area (Å²) < 4.78 is 5.54. The van der Waals surface area contributed by atoms with Gasteiger partial charge in [0.15, 0.2) is 5.06 Å². The van der Waals surface area contributed by atoms with Gasteiger partial charge in [0.05, 0.1) is 5.02 Å². The lowest BCUT2D eigenvalue weighted by atomic mass is 10.1. The van der Waals surface area contributed by atoms with Crippen LogP contribution in [0.4, 0.5) is 0 Å². The molecule has 0 saturated heterocycles. The van der Waals surface area contributed by atoms with Gasteiger partial charge in [-0.1, -0.05) is 23.2 Å². The summed E-state index contributed by atoms with van der Waals surface area (Å²) in [6.07, 6.45) is 3.53. The molecule has 2 N–H and O–H groups in total. The summed E-state index contributed by atoms with van der Waals surface area (Å²) in [7, 11) is 0. The highest BCUT2D eigenvalue weighted by Gasteiger charge is 2.23. The number of benzene rings is 1. The molecule has 0 bridgehead atoms. The summed E-state index contributed by atoms with van der Waals surface area (Å²) in [5.41, 5.74) is 1.14. The molecule has 2 aromatic rings. The molecule has 0 saturated carbocycles. The third-order valence-corrected chi connectivity index (χ3v) is 3.33. The zero-order chi connectivity index (χ0) is 12.2. The Bertz CT molecular complexity index is 728. The minimum Gasteiger partial charge on any atom is -0.506 e. The molecule has 1 unspecified atom stereocenters. The Morgan fingerprint density at radius 1 is 1.35 bits per heavy atom. The maximum atomic E-state index is 9.78. The molecule has 3 rings (SSSR count). The fourth-order valence-corrected chi connectivity index (χ4v) is 2.31. The number of rotatable bonds is 0. The number of hydrogen-bond acceptors (Lipinski definition) is 3. The third-order valence-electron chi connectivity index (χ3n) is 2.76. The fourth-order valence-electron chi connectivity index (χ4n) is 1.96. The molecule has 0 fully saturated rings. The van der Waals surface area contributed by atoms with Crippen molar-refractivity contribution in [2.75, 3.05) is 0 Å². The largest absolute Gasteiger partial charge is 0.506 e. The summed E-state index contributed by atoms with van der Waals surface area (Å²) in [5.74, 6) is -0.0357. The van der Waals surface area contributed by atoms with E-state index in [1.54, 1.807) is 12.1 Å². The van der Waals surface area contributed by atoms with Crippen molar-refractivity contribution in [2.45, 2.75) is 11.5 Å². The van der Waals surface area contributed by atoms with Gasteiger partial charge in [0, 0.05) is 23.1 Å². The molecule has 0 spiro atoms. The summed E-state index contributed by atoms with van der Waals surface area (Å²) in [4.78, 5) is 0. The van der Waals surface area contributed by atoms with Crippen LogP contribution in [0.25, 0.3) is 23.1 Å². The van der Waals surface area contributed by atoms with Crippen LogP contribution in [-0.2, 0) is 0 Å². The molecule has 0 aliphatic heterocycles. The number of phenols is 1. The van der Waals surface area contributed by atoms with E-state index in [9.17, 15) is 10.2 Å². The van der Waals surface area contributed by atoms with Crippen molar-refractivity contribution >= 4 is 46.3 Å². The van der Waals surface area contributed by atoms with Gasteiger partial charge < -0.3 is 14.6 Å². The molecule has 5 heteroatoms. The van der Waals surface area contributed by atoms with Gasteiger partial charge in [-0.2, -0.15) is 0 Å². The van der Waals surface area contributed by atoms with Gasteiger partial charge in [-0.05, 0) is 18.2 Å². The highest BCUT2D eigenvalue weighted by atomic mass is 35.5.